The van der Waals surface area contributed by atoms with Gasteiger partial charge in [0, 0.05) is 17.7 Å². The Kier molecular flexibility index (Phi) is 5.40. The molecule has 0 bridgehead atoms. The fourth-order valence-electron chi connectivity index (χ4n) is 3.06. The summed E-state index contributed by atoms with van der Waals surface area (Å²) in [6, 6.07) is 12.5. The highest BCUT2D eigenvalue weighted by molar-refractivity contribution is 6.33. The molecule has 0 spiro atoms. The fourth-order valence-corrected chi connectivity index (χ4v) is 3.27. The maximum absolute atomic E-state index is 13.2. The van der Waals surface area contributed by atoms with Crippen LogP contribution in [0.5, 0.6) is 11.5 Å². The highest BCUT2D eigenvalue weighted by Crippen LogP contribution is 2.32. The van der Waals surface area contributed by atoms with E-state index in [-0.39, 0.29) is 18.5 Å². The molecule has 0 saturated heterocycles. The number of nitrogens with zero attached hydrogens (tertiary/aromatic N) is 3. The first kappa shape index (κ1) is 19.3. The van der Waals surface area contributed by atoms with Crippen LogP contribution >= 0.6 is 11.6 Å². The van der Waals surface area contributed by atoms with Crippen LogP contribution in [0.1, 0.15) is 29.1 Å². The van der Waals surface area contributed by atoms with E-state index in [1.807, 2.05) is 18.2 Å². The zero-order chi connectivity index (χ0) is 20.4. The van der Waals surface area contributed by atoms with Gasteiger partial charge in [-0.15, -0.1) is 10.2 Å². The van der Waals surface area contributed by atoms with Crippen molar-refractivity contribution in [2.24, 2.45) is 0 Å². The SMILES string of the molecule is COc1cc(OC)cc(C(=O)N(Cc2nnc(-c3ccccc3Cl)o2)C2CC2)c1. The van der Waals surface area contributed by atoms with Gasteiger partial charge in [-0.3, -0.25) is 4.79 Å². The second-order valence-corrected chi connectivity index (χ2v) is 7.15. The minimum atomic E-state index is -0.137. The van der Waals surface area contributed by atoms with Crippen molar-refractivity contribution in [1.29, 1.82) is 0 Å². The monoisotopic (exact) mass is 413 g/mol. The molecule has 29 heavy (non-hydrogen) atoms. The lowest BCUT2D eigenvalue weighted by atomic mass is 10.1. The van der Waals surface area contributed by atoms with Gasteiger partial charge >= 0.3 is 0 Å². The molecule has 1 aliphatic carbocycles. The first-order chi connectivity index (χ1) is 14.1. The molecule has 0 aliphatic heterocycles. The lowest BCUT2D eigenvalue weighted by molar-refractivity contribution is 0.0713. The third-order valence-electron chi connectivity index (χ3n) is 4.72. The van der Waals surface area contributed by atoms with Crippen LogP contribution in [0.25, 0.3) is 11.5 Å². The largest absolute Gasteiger partial charge is 0.497 e. The van der Waals surface area contributed by atoms with E-state index in [1.165, 1.54) is 0 Å². The summed E-state index contributed by atoms with van der Waals surface area (Å²) in [5, 5.41) is 8.73. The minimum absolute atomic E-state index is 0.137. The Hall–Kier alpha value is -3.06. The summed E-state index contributed by atoms with van der Waals surface area (Å²) >= 11 is 6.21. The van der Waals surface area contributed by atoms with E-state index >= 15 is 0 Å². The van der Waals surface area contributed by atoms with Gasteiger partial charge in [0.2, 0.25) is 11.8 Å². The van der Waals surface area contributed by atoms with Crippen LogP contribution in [0.2, 0.25) is 5.02 Å². The van der Waals surface area contributed by atoms with Gasteiger partial charge in [-0.1, -0.05) is 23.7 Å². The van der Waals surface area contributed by atoms with Crippen LogP contribution in [0, 0.1) is 0 Å². The normalized spacial score (nSPS) is 13.2. The van der Waals surface area contributed by atoms with Gasteiger partial charge in [0.15, 0.2) is 0 Å². The smallest absolute Gasteiger partial charge is 0.254 e. The van der Waals surface area contributed by atoms with Gasteiger partial charge in [0.05, 0.1) is 31.4 Å². The van der Waals surface area contributed by atoms with Crippen LogP contribution in [0.15, 0.2) is 46.9 Å². The van der Waals surface area contributed by atoms with Crippen LogP contribution in [-0.4, -0.2) is 41.3 Å². The molecule has 1 aromatic heterocycles. The van der Waals surface area contributed by atoms with E-state index in [1.54, 1.807) is 43.4 Å². The van der Waals surface area contributed by atoms with Crippen LogP contribution < -0.4 is 9.47 Å². The molecule has 1 amide bonds. The van der Waals surface area contributed by atoms with Crippen molar-refractivity contribution in [2.75, 3.05) is 14.2 Å². The molecule has 1 fully saturated rings. The summed E-state index contributed by atoms with van der Waals surface area (Å²) in [5.74, 6) is 1.67. The van der Waals surface area contributed by atoms with Crippen molar-refractivity contribution in [3.05, 3.63) is 58.9 Å². The summed E-state index contributed by atoms with van der Waals surface area (Å²) in [7, 11) is 3.10. The number of ether oxygens (including phenoxy) is 2. The van der Waals surface area contributed by atoms with Gasteiger partial charge in [-0.25, -0.2) is 0 Å². The van der Waals surface area contributed by atoms with E-state index in [9.17, 15) is 4.79 Å². The first-order valence-corrected chi connectivity index (χ1v) is 9.58. The van der Waals surface area contributed by atoms with Gasteiger partial charge < -0.3 is 18.8 Å². The molecule has 8 heteroatoms. The average molecular weight is 414 g/mol. The van der Waals surface area contributed by atoms with Gasteiger partial charge in [0.1, 0.15) is 11.5 Å². The van der Waals surface area contributed by atoms with E-state index in [0.29, 0.717) is 39.4 Å². The molecule has 1 saturated carbocycles. The molecule has 2 aromatic carbocycles. The predicted octanol–water partition coefficient (Wildman–Crippen LogP) is 4.21. The predicted molar refractivity (Wildman–Crippen MR) is 107 cm³/mol. The van der Waals surface area contributed by atoms with Gasteiger partial charge in [-0.05, 0) is 37.1 Å². The Labute approximate surface area is 173 Å². The van der Waals surface area contributed by atoms with Crippen molar-refractivity contribution in [3.8, 4) is 23.0 Å². The molecule has 1 aliphatic rings. The molecular formula is C21H20ClN3O4. The number of carbonyl (C=O) groups excluding carboxylic acids is 1. The summed E-state index contributed by atoms with van der Waals surface area (Å²) in [4.78, 5) is 14.9. The van der Waals surface area contributed by atoms with Crippen molar-refractivity contribution in [2.45, 2.75) is 25.4 Å². The van der Waals surface area contributed by atoms with E-state index < -0.39 is 0 Å². The van der Waals surface area contributed by atoms with Crippen molar-refractivity contribution < 1.29 is 18.7 Å². The highest BCUT2D eigenvalue weighted by atomic mass is 35.5. The summed E-state index contributed by atoms with van der Waals surface area (Å²) < 4.78 is 16.3. The van der Waals surface area contributed by atoms with Crippen molar-refractivity contribution in [1.82, 2.24) is 15.1 Å². The average Bonchev–Trinajstić information content (AvgIpc) is 3.49. The lowest BCUT2D eigenvalue weighted by Gasteiger charge is -2.21. The molecule has 0 unspecified atom stereocenters. The van der Waals surface area contributed by atoms with Crippen LogP contribution in [0.4, 0.5) is 0 Å². The van der Waals surface area contributed by atoms with Gasteiger partial charge in [0.25, 0.3) is 5.91 Å². The second kappa shape index (κ2) is 8.13. The summed E-state index contributed by atoms with van der Waals surface area (Å²) in [6.07, 6.45) is 1.89. The zero-order valence-corrected chi connectivity index (χ0v) is 16.8. The first-order valence-electron chi connectivity index (χ1n) is 9.20. The van der Waals surface area contributed by atoms with E-state index in [4.69, 9.17) is 25.5 Å². The van der Waals surface area contributed by atoms with Crippen molar-refractivity contribution in [3.63, 3.8) is 0 Å². The quantitative estimate of drug-likeness (QED) is 0.577. The van der Waals surface area contributed by atoms with E-state index in [0.717, 1.165) is 12.8 Å². The molecule has 7 nitrogen and oxygen atoms in total. The molecule has 0 N–H and O–H groups in total. The molecule has 150 valence electrons. The Balaban J connectivity index is 1.58. The fraction of sp³-hybridized carbons (Fsp3) is 0.286. The number of benzene rings is 2. The Morgan fingerprint density at radius 2 is 1.83 bits per heavy atom. The second-order valence-electron chi connectivity index (χ2n) is 6.75. The maximum Gasteiger partial charge on any atom is 0.254 e. The topological polar surface area (TPSA) is 77.7 Å². The number of carbonyl (C=O) groups is 1. The van der Waals surface area contributed by atoms with Crippen LogP contribution in [0.3, 0.4) is 0 Å². The zero-order valence-electron chi connectivity index (χ0n) is 16.1. The maximum atomic E-state index is 13.2. The third kappa shape index (κ3) is 4.19. The number of hydrogen-bond acceptors (Lipinski definition) is 6. The number of methoxy groups -OCH3 is 2. The number of amides is 1. The number of halogens is 1. The third-order valence-corrected chi connectivity index (χ3v) is 5.05. The molecule has 0 atom stereocenters. The number of hydrogen-bond donors (Lipinski definition) is 0. The van der Waals surface area contributed by atoms with E-state index in [2.05, 4.69) is 10.2 Å². The van der Waals surface area contributed by atoms with Crippen molar-refractivity contribution >= 4 is 17.5 Å². The Morgan fingerprint density at radius 3 is 2.45 bits per heavy atom. The summed E-state index contributed by atoms with van der Waals surface area (Å²) in [6.45, 7) is 0.223. The standard InChI is InChI=1S/C21H20ClN3O4/c1-27-15-9-13(10-16(11-15)28-2)21(26)25(14-7-8-14)12-19-23-24-20(29-19)17-5-3-4-6-18(17)22/h3-6,9-11,14H,7-8,12H2,1-2H3. The minimum Gasteiger partial charge on any atom is -0.497 e. The highest BCUT2D eigenvalue weighted by Gasteiger charge is 2.34. The summed E-state index contributed by atoms with van der Waals surface area (Å²) in [5.41, 5.74) is 1.15. The number of aromatic nitrogens is 2. The Morgan fingerprint density at radius 1 is 1.14 bits per heavy atom. The molecule has 1 heterocycles. The molecular weight excluding hydrogens is 394 g/mol. The molecule has 0 radical (unpaired) electrons. The lowest BCUT2D eigenvalue weighted by Crippen LogP contribution is -2.32. The van der Waals surface area contributed by atoms with Gasteiger partial charge in [-0.2, -0.15) is 0 Å². The molecule has 4 rings (SSSR count). The Bertz CT molecular complexity index is 1010. The van der Waals surface area contributed by atoms with Crippen LogP contribution in [-0.2, 0) is 6.54 Å². The number of rotatable bonds is 7. The molecule has 3 aromatic rings.